The maximum atomic E-state index is 8.93. The normalized spacial score (nSPS) is 8.82. The van der Waals surface area contributed by atoms with Crippen LogP contribution in [0.4, 0.5) is 0 Å². The molecule has 0 aliphatic rings. The third-order valence-electron chi connectivity index (χ3n) is 1.13. The van der Waals surface area contributed by atoms with E-state index in [-0.39, 0.29) is 17.0 Å². The van der Waals surface area contributed by atoms with Crippen molar-refractivity contribution < 1.29 is 20.8 Å². The molecule has 0 amide bonds. The van der Waals surface area contributed by atoms with Gasteiger partial charge in [-0.2, -0.15) is 0 Å². The average molecular weight is 176 g/mol. The number of rotatable bonds is 0. The average Bonchev–Trinajstić information content (AvgIpc) is 1.93. The minimum atomic E-state index is -0.507. The molecule has 0 radical (unpaired) electrons. The van der Waals surface area contributed by atoms with Crippen LogP contribution < -0.4 is 0 Å². The second kappa shape index (κ2) is 3.36. The molecule has 4 nitrogen and oxygen atoms in total. The standard InChI is InChI=1S/C6H6O3S.H2O/c7-3-1-2-4(10)6(9)5(3)8;/h1-2,7-10H;1H2. The monoisotopic (exact) mass is 176 g/mol. The Hall–Kier alpha value is -1.07. The van der Waals surface area contributed by atoms with Gasteiger partial charge in [-0.3, -0.25) is 0 Å². The molecule has 0 spiro atoms. The Labute approximate surface area is 68.4 Å². The maximum absolute atomic E-state index is 8.93. The Morgan fingerprint density at radius 2 is 1.55 bits per heavy atom. The first-order valence-corrected chi connectivity index (χ1v) is 3.08. The molecule has 11 heavy (non-hydrogen) atoms. The van der Waals surface area contributed by atoms with Crippen LogP contribution in [0, 0.1) is 0 Å². The molecule has 4 N–H and O–H groups in total. The largest absolute Gasteiger partial charge is 0.870 e. The summed E-state index contributed by atoms with van der Waals surface area (Å²) in [5, 5.41) is 26.6. The molecule has 62 valence electrons. The molecule has 5 heteroatoms. The van der Waals surface area contributed by atoms with Gasteiger partial charge >= 0.3 is 0 Å². The summed E-state index contributed by atoms with van der Waals surface area (Å²) in [6.07, 6.45) is 0. The van der Waals surface area contributed by atoms with E-state index in [1.807, 2.05) is 0 Å². The van der Waals surface area contributed by atoms with Crippen molar-refractivity contribution >= 4 is 12.6 Å². The molecule has 1 rings (SSSR count). The van der Waals surface area contributed by atoms with Crippen molar-refractivity contribution in [3.8, 4) is 17.2 Å². The highest BCUT2D eigenvalue weighted by molar-refractivity contribution is 7.59. The summed E-state index contributed by atoms with van der Waals surface area (Å²) in [6, 6.07) is 2.71. The second-order valence-electron chi connectivity index (χ2n) is 1.83. The Morgan fingerprint density at radius 1 is 1.00 bits per heavy atom. The van der Waals surface area contributed by atoms with Crippen LogP contribution in [-0.4, -0.2) is 20.8 Å². The van der Waals surface area contributed by atoms with Crippen molar-refractivity contribution in [1.82, 2.24) is 0 Å². The molecule has 0 heterocycles. The van der Waals surface area contributed by atoms with E-state index in [0.29, 0.717) is 4.90 Å². The fourth-order valence-corrected chi connectivity index (χ4v) is 0.771. The van der Waals surface area contributed by atoms with Gasteiger partial charge in [0.25, 0.3) is 0 Å². The minimum absolute atomic E-state index is 0. The first-order valence-electron chi connectivity index (χ1n) is 2.58. The van der Waals surface area contributed by atoms with Crippen LogP contribution in [0.25, 0.3) is 0 Å². The molecular formula is C6H8O4S. The molecular weight excluding hydrogens is 168 g/mol. The minimum Gasteiger partial charge on any atom is -0.870 e. The van der Waals surface area contributed by atoms with Crippen molar-refractivity contribution in [1.29, 1.82) is 0 Å². The number of phenols is 3. The van der Waals surface area contributed by atoms with E-state index in [9.17, 15) is 0 Å². The second-order valence-corrected chi connectivity index (χ2v) is 2.37. The summed E-state index contributed by atoms with van der Waals surface area (Å²) in [7, 11) is 0. The van der Waals surface area contributed by atoms with Crippen LogP contribution in [-0.2, 0) is 12.6 Å². The van der Waals surface area contributed by atoms with E-state index in [2.05, 4.69) is 12.6 Å². The molecule has 0 aromatic heterocycles. The topological polar surface area (TPSA) is 90.7 Å². The van der Waals surface area contributed by atoms with Crippen molar-refractivity contribution in [2.24, 2.45) is 0 Å². The van der Waals surface area contributed by atoms with E-state index in [1.165, 1.54) is 12.1 Å². The van der Waals surface area contributed by atoms with Crippen molar-refractivity contribution in [2.45, 2.75) is 4.90 Å². The van der Waals surface area contributed by atoms with E-state index in [0.717, 1.165) is 0 Å². The lowest BCUT2D eigenvalue weighted by molar-refractivity contribution is 0.362. The third-order valence-corrected chi connectivity index (χ3v) is 1.53. The number of benzene rings is 1. The first-order chi connectivity index (χ1) is 4.63. The molecule has 0 bridgehead atoms. The molecule has 1 aromatic rings. The Kier molecular flexibility index (Phi) is 3.03. The molecule has 0 atom stereocenters. The number of hydrogen-bond acceptors (Lipinski definition) is 4. The predicted molar refractivity (Wildman–Crippen MR) is 41.8 cm³/mol. The summed E-state index contributed by atoms with van der Waals surface area (Å²) in [6.45, 7) is 0. The third kappa shape index (κ3) is 1.69. The van der Waals surface area contributed by atoms with Gasteiger partial charge < -0.3 is 20.8 Å². The summed E-state index contributed by atoms with van der Waals surface area (Å²) < 4.78 is 0. The van der Waals surface area contributed by atoms with Crippen LogP contribution in [0.2, 0.25) is 0 Å². The van der Waals surface area contributed by atoms with Gasteiger partial charge in [-0.05, 0) is 18.7 Å². The van der Waals surface area contributed by atoms with Gasteiger partial charge in [0.15, 0.2) is 10.6 Å². The zero-order valence-corrected chi connectivity index (χ0v) is 6.44. The maximum Gasteiger partial charge on any atom is 0.217 e. The van der Waals surface area contributed by atoms with Crippen LogP contribution in [0.1, 0.15) is 0 Å². The summed E-state index contributed by atoms with van der Waals surface area (Å²) in [5.41, 5.74) is 0. The van der Waals surface area contributed by atoms with Crippen molar-refractivity contribution in [2.75, 3.05) is 0 Å². The van der Waals surface area contributed by atoms with E-state index in [1.54, 1.807) is 0 Å². The summed E-state index contributed by atoms with van der Waals surface area (Å²) >= 11 is 3.01. The fraction of sp³-hybridized carbons (Fsp3) is 0. The highest BCUT2D eigenvalue weighted by Gasteiger charge is 2.11. The van der Waals surface area contributed by atoms with Crippen LogP contribution in [0.15, 0.2) is 17.0 Å². The highest BCUT2D eigenvalue weighted by atomic mass is 32.1. The lowest BCUT2D eigenvalue weighted by Crippen LogP contribution is -1.74. The van der Waals surface area contributed by atoms with E-state index < -0.39 is 5.75 Å². The highest BCUT2D eigenvalue weighted by Crippen LogP contribution is 2.36. The SMILES string of the molecule is Oc1ccc([SH2+])c(O)c1O.[OH-]. The molecule has 0 saturated heterocycles. The van der Waals surface area contributed by atoms with Gasteiger partial charge in [0.1, 0.15) is 0 Å². The lowest BCUT2D eigenvalue weighted by Gasteiger charge is -1.97. The number of hydrogen-bond donors (Lipinski definition) is 3. The summed E-state index contributed by atoms with van der Waals surface area (Å²) in [5.74, 6) is -1.19. The quantitative estimate of drug-likeness (QED) is 0.383. The van der Waals surface area contributed by atoms with E-state index >= 15 is 0 Å². The Bertz CT molecular complexity index is 234. The van der Waals surface area contributed by atoms with Crippen molar-refractivity contribution in [3.63, 3.8) is 0 Å². The molecule has 0 aliphatic heterocycles. The Balaban J connectivity index is 0.000001000. The fourth-order valence-electron chi connectivity index (χ4n) is 0.569. The molecule has 0 aliphatic carbocycles. The van der Waals surface area contributed by atoms with Gasteiger partial charge in [0.2, 0.25) is 11.5 Å². The lowest BCUT2D eigenvalue weighted by atomic mass is 10.3. The predicted octanol–water partition coefficient (Wildman–Crippen LogP) is -0.00300. The first kappa shape index (κ1) is 9.93. The Morgan fingerprint density at radius 3 is 2.00 bits per heavy atom. The van der Waals surface area contributed by atoms with Crippen LogP contribution in [0.5, 0.6) is 17.2 Å². The molecule has 0 fully saturated rings. The van der Waals surface area contributed by atoms with Crippen LogP contribution in [0.3, 0.4) is 0 Å². The van der Waals surface area contributed by atoms with Crippen molar-refractivity contribution in [3.05, 3.63) is 12.1 Å². The van der Waals surface area contributed by atoms with Gasteiger partial charge in [0, 0.05) is 6.07 Å². The van der Waals surface area contributed by atoms with Gasteiger partial charge in [-0.1, -0.05) is 0 Å². The summed E-state index contributed by atoms with van der Waals surface area (Å²) in [4.78, 5) is 0.343. The zero-order valence-electron chi connectivity index (χ0n) is 5.44. The van der Waals surface area contributed by atoms with E-state index in [4.69, 9.17) is 15.3 Å². The number of phenolic OH excluding ortho intramolecular Hbond substituents is 3. The van der Waals surface area contributed by atoms with Gasteiger partial charge in [-0.25, -0.2) is 0 Å². The number of aromatic hydroxyl groups is 3. The molecule has 1 aromatic carbocycles. The van der Waals surface area contributed by atoms with Gasteiger partial charge in [0.05, 0.1) is 0 Å². The molecule has 0 unspecified atom stereocenters. The molecule has 0 saturated carbocycles. The smallest absolute Gasteiger partial charge is 0.217 e. The zero-order chi connectivity index (χ0) is 7.72. The van der Waals surface area contributed by atoms with Crippen LogP contribution >= 0.6 is 0 Å². The van der Waals surface area contributed by atoms with Gasteiger partial charge in [-0.15, -0.1) is 0 Å².